The van der Waals surface area contributed by atoms with Gasteiger partial charge in [0.15, 0.2) is 0 Å². The Labute approximate surface area is 228 Å². The molecule has 0 radical (unpaired) electrons. The number of hydrogen-bond donors (Lipinski definition) is 1. The third-order valence-electron chi connectivity index (χ3n) is 6.18. The minimum absolute atomic E-state index is 0.327. The summed E-state index contributed by atoms with van der Waals surface area (Å²) in [6.07, 6.45) is -3.13. The zero-order chi connectivity index (χ0) is 28.4. The van der Waals surface area contributed by atoms with E-state index in [-0.39, 0.29) is 0 Å². The van der Waals surface area contributed by atoms with Gasteiger partial charge in [0.1, 0.15) is 22.7 Å². The quantitative estimate of drug-likeness (QED) is 0.222. The summed E-state index contributed by atoms with van der Waals surface area (Å²) >= 11 is 1.25. The van der Waals surface area contributed by atoms with E-state index in [1.165, 1.54) is 24.2 Å². The third kappa shape index (κ3) is 6.78. The Hall–Kier alpha value is -3.86. The van der Waals surface area contributed by atoms with Crippen LogP contribution in [0.15, 0.2) is 70.3 Å². The average Bonchev–Trinajstić information content (AvgIpc) is 3.21. The van der Waals surface area contributed by atoms with Crippen molar-refractivity contribution >= 4 is 23.5 Å². The standard InChI is InChI=1S/C28H27F3N4O3S/c1-17-23(18(2)38-34-17)15-35(14-19-8-10-22(11-9-19)39-27(3,4)26(36)37)25-13-24(32-16-33-25)20-6-5-7-21(12-20)28(29,30)31/h5-13,16H,14-15H2,1-4H3,(H,36,37). The summed E-state index contributed by atoms with van der Waals surface area (Å²) in [5, 5.41) is 13.5. The van der Waals surface area contributed by atoms with E-state index in [1.54, 1.807) is 26.0 Å². The van der Waals surface area contributed by atoms with Crippen molar-refractivity contribution < 1.29 is 27.6 Å². The lowest BCUT2D eigenvalue weighted by molar-refractivity contribution is -0.139. The molecular formula is C28H27F3N4O3S. The molecule has 0 saturated carbocycles. The van der Waals surface area contributed by atoms with Gasteiger partial charge in [0, 0.05) is 28.6 Å². The number of alkyl halides is 3. The monoisotopic (exact) mass is 556 g/mol. The van der Waals surface area contributed by atoms with Gasteiger partial charge in [0.05, 0.1) is 23.5 Å². The summed E-state index contributed by atoms with van der Waals surface area (Å²) in [6, 6.07) is 14.2. The van der Waals surface area contributed by atoms with Crippen molar-refractivity contribution in [3.63, 3.8) is 0 Å². The number of hydrogen-bond acceptors (Lipinski definition) is 7. The van der Waals surface area contributed by atoms with Gasteiger partial charge >= 0.3 is 12.1 Å². The predicted molar refractivity (Wildman–Crippen MR) is 142 cm³/mol. The van der Waals surface area contributed by atoms with Gasteiger partial charge in [-0.1, -0.05) is 29.4 Å². The molecule has 39 heavy (non-hydrogen) atoms. The number of benzene rings is 2. The Morgan fingerprint density at radius 1 is 1.03 bits per heavy atom. The van der Waals surface area contributed by atoms with Gasteiger partial charge < -0.3 is 14.5 Å². The van der Waals surface area contributed by atoms with Crippen LogP contribution >= 0.6 is 11.8 Å². The summed E-state index contributed by atoms with van der Waals surface area (Å²) in [5.74, 6) is 0.276. The molecule has 0 bridgehead atoms. The first-order chi connectivity index (χ1) is 18.3. The first-order valence-corrected chi connectivity index (χ1v) is 12.8. The number of carbonyl (C=O) groups is 1. The number of nitrogens with zero attached hydrogens (tertiary/aromatic N) is 4. The molecule has 1 N–H and O–H groups in total. The lowest BCUT2D eigenvalue weighted by atomic mass is 10.1. The fraction of sp³-hybridized carbons (Fsp3) is 0.286. The lowest BCUT2D eigenvalue weighted by Crippen LogP contribution is -2.26. The molecule has 0 saturated heterocycles. The molecule has 204 valence electrons. The van der Waals surface area contributed by atoms with E-state index in [0.717, 1.165) is 33.8 Å². The second kappa shape index (κ2) is 11.1. The van der Waals surface area contributed by atoms with Crippen molar-refractivity contribution in [3.8, 4) is 11.3 Å². The maximum atomic E-state index is 13.3. The van der Waals surface area contributed by atoms with E-state index in [2.05, 4.69) is 15.1 Å². The number of halogens is 3. The molecule has 4 aromatic rings. The van der Waals surface area contributed by atoms with Crippen molar-refractivity contribution in [1.82, 2.24) is 15.1 Å². The Morgan fingerprint density at radius 2 is 1.74 bits per heavy atom. The van der Waals surface area contributed by atoms with E-state index >= 15 is 0 Å². The van der Waals surface area contributed by atoms with Crippen molar-refractivity contribution in [1.29, 1.82) is 0 Å². The van der Waals surface area contributed by atoms with Crippen LogP contribution in [0.3, 0.4) is 0 Å². The van der Waals surface area contributed by atoms with Gasteiger partial charge in [-0.05, 0) is 57.5 Å². The van der Waals surface area contributed by atoms with E-state index in [9.17, 15) is 23.1 Å². The zero-order valence-electron chi connectivity index (χ0n) is 21.8. The van der Waals surface area contributed by atoms with Gasteiger partial charge in [-0.3, -0.25) is 4.79 Å². The number of aromatic nitrogens is 3. The van der Waals surface area contributed by atoms with Gasteiger partial charge in [-0.15, -0.1) is 11.8 Å². The van der Waals surface area contributed by atoms with Crippen LogP contribution < -0.4 is 4.90 Å². The van der Waals surface area contributed by atoms with Crippen LogP contribution in [0.4, 0.5) is 19.0 Å². The highest BCUT2D eigenvalue weighted by molar-refractivity contribution is 8.01. The molecule has 0 aliphatic rings. The molecule has 7 nitrogen and oxygen atoms in total. The van der Waals surface area contributed by atoms with E-state index in [1.807, 2.05) is 43.0 Å². The second-order valence-electron chi connectivity index (χ2n) is 9.56. The minimum Gasteiger partial charge on any atom is -0.480 e. The van der Waals surface area contributed by atoms with Crippen LogP contribution in [0.1, 0.15) is 42.0 Å². The van der Waals surface area contributed by atoms with Crippen LogP contribution in [0.25, 0.3) is 11.3 Å². The van der Waals surface area contributed by atoms with Crippen molar-refractivity contribution in [2.24, 2.45) is 0 Å². The second-order valence-corrected chi connectivity index (χ2v) is 11.3. The van der Waals surface area contributed by atoms with Gasteiger partial charge in [-0.2, -0.15) is 13.2 Å². The summed E-state index contributed by atoms with van der Waals surface area (Å²) in [6.45, 7) is 7.76. The summed E-state index contributed by atoms with van der Waals surface area (Å²) in [7, 11) is 0. The number of thioether (sulfide) groups is 1. The number of rotatable bonds is 9. The highest BCUT2D eigenvalue weighted by Crippen LogP contribution is 2.34. The Morgan fingerprint density at radius 3 is 2.36 bits per heavy atom. The molecule has 0 fully saturated rings. The topological polar surface area (TPSA) is 92.4 Å². The fourth-order valence-electron chi connectivity index (χ4n) is 3.89. The SMILES string of the molecule is Cc1noc(C)c1CN(Cc1ccc(SC(C)(C)C(=O)O)cc1)c1cc(-c2cccc(C(F)(F)F)c2)ncn1. The maximum absolute atomic E-state index is 13.3. The molecule has 2 aromatic carbocycles. The molecule has 2 aromatic heterocycles. The molecule has 0 aliphatic carbocycles. The lowest BCUT2D eigenvalue weighted by Gasteiger charge is -2.24. The van der Waals surface area contributed by atoms with Gasteiger partial charge in [0.25, 0.3) is 0 Å². The Balaban J connectivity index is 1.66. The van der Waals surface area contributed by atoms with Crippen LogP contribution in [0.5, 0.6) is 0 Å². The average molecular weight is 557 g/mol. The predicted octanol–water partition coefficient (Wildman–Crippen LogP) is 6.93. The van der Waals surface area contributed by atoms with Crippen LogP contribution in [-0.4, -0.2) is 30.9 Å². The van der Waals surface area contributed by atoms with Crippen LogP contribution in [0, 0.1) is 13.8 Å². The van der Waals surface area contributed by atoms with Crippen molar-refractivity contribution in [2.75, 3.05) is 4.90 Å². The molecular weight excluding hydrogens is 529 g/mol. The number of anilines is 1. The third-order valence-corrected chi connectivity index (χ3v) is 7.37. The smallest absolute Gasteiger partial charge is 0.416 e. The van der Waals surface area contributed by atoms with E-state index < -0.39 is 22.5 Å². The maximum Gasteiger partial charge on any atom is 0.416 e. The Kier molecular flexibility index (Phi) is 8.01. The number of carboxylic acid groups (broad SMARTS) is 1. The van der Waals surface area contributed by atoms with Crippen LogP contribution in [-0.2, 0) is 24.1 Å². The molecule has 0 spiro atoms. The largest absolute Gasteiger partial charge is 0.480 e. The number of aryl methyl sites for hydroxylation is 2. The van der Waals surface area contributed by atoms with Gasteiger partial charge in [0.2, 0.25) is 0 Å². The molecule has 0 atom stereocenters. The fourth-order valence-corrected chi connectivity index (χ4v) is 4.84. The molecule has 11 heteroatoms. The molecule has 4 rings (SSSR count). The zero-order valence-corrected chi connectivity index (χ0v) is 22.6. The number of aliphatic carboxylic acids is 1. The van der Waals surface area contributed by atoms with E-state index in [0.29, 0.717) is 35.9 Å². The van der Waals surface area contributed by atoms with Gasteiger partial charge in [-0.25, -0.2) is 9.97 Å². The van der Waals surface area contributed by atoms with Crippen molar-refractivity contribution in [3.05, 3.63) is 89.1 Å². The highest BCUT2D eigenvalue weighted by atomic mass is 32.2. The Bertz CT molecular complexity index is 1450. The van der Waals surface area contributed by atoms with E-state index in [4.69, 9.17) is 4.52 Å². The highest BCUT2D eigenvalue weighted by Gasteiger charge is 2.31. The normalized spacial score (nSPS) is 12.0. The van der Waals surface area contributed by atoms with Crippen LogP contribution in [0.2, 0.25) is 0 Å². The summed E-state index contributed by atoms with van der Waals surface area (Å²) in [4.78, 5) is 22.9. The first-order valence-electron chi connectivity index (χ1n) is 12.0. The first kappa shape index (κ1) is 28.2. The molecule has 0 amide bonds. The minimum atomic E-state index is -4.47. The summed E-state index contributed by atoms with van der Waals surface area (Å²) in [5.41, 5.74) is 2.47. The van der Waals surface area contributed by atoms with Crippen molar-refractivity contribution in [2.45, 2.75) is 56.6 Å². The number of carboxylic acids is 1. The summed E-state index contributed by atoms with van der Waals surface area (Å²) < 4.78 is 44.2. The molecule has 2 heterocycles. The molecule has 0 unspecified atom stereocenters. The molecule has 0 aliphatic heterocycles.